The van der Waals surface area contributed by atoms with E-state index in [-0.39, 0.29) is 5.91 Å². The van der Waals surface area contributed by atoms with Gasteiger partial charge in [-0.15, -0.1) is 0 Å². The van der Waals surface area contributed by atoms with Gasteiger partial charge < -0.3 is 14.4 Å². The zero-order valence-corrected chi connectivity index (χ0v) is 16.8. The molecule has 4 nitrogen and oxygen atoms in total. The molecule has 28 heavy (non-hydrogen) atoms. The largest absolute Gasteiger partial charge is 0.493 e. The van der Waals surface area contributed by atoms with Crippen LogP contribution < -0.4 is 9.47 Å². The van der Waals surface area contributed by atoms with Gasteiger partial charge in [0, 0.05) is 29.6 Å². The van der Waals surface area contributed by atoms with Crippen LogP contribution in [-0.4, -0.2) is 30.5 Å². The lowest BCUT2D eigenvalue weighted by Gasteiger charge is -2.20. The quantitative estimate of drug-likeness (QED) is 0.535. The maximum Gasteiger partial charge on any atom is 0.253 e. The van der Waals surface area contributed by atoms with Crippen LogP contribution in [0.5, 0.6) is 11.5 Å². The minimum atomic E-state index is 0.0273. The monoisotopic (exact) mass is 377 g/mol. The Hall–Kier alpha value is -3.01. The van der Waals surface area contributed by atoms with E-state index in [0.29, 0.717) is 31.9 Å². The normalized spacial score (nSPS) is 10.7. The second-order valence-corrected chi connectivity index (χ2v) is 6.50. The fraction of sp³-hybridized carbons (Fsp3) is 0.292. The first-order valence-corrected chi connectivity index (χ1v) is 9.83. The summed E-state index contributed by atoms with van der Waals surface area (Å²) in [6, 6.07) is 19.7. The van der Waals surface area contributed by atoms with E-state index in [0.717, 1.165) is 27.8 Å². The van der Waals surface area contributed by atoms with Crippen LogP contribution in [0, 0.1) is 0 Å². The van der Waals surface area contributed by atoms with E-state index in [1.807, 2.05) is 68.1 Å². The van der Waals surface area contributed by atoms with E-state index in [1.54, 1.807) is 0 Å². The van der Waals surface area contributed by atoms with Gasteiger partial charge in [-0.25, -0.2) is 0 Å². The summed E-state index contributed by atoms with van der Waals surface area (Å²) >= 11 is 0. The summed E-state index contributed by atoms with van der Waals surface area (Å²) < 4.78 is 11.9. The topological polar surface area (TPSA) is 38.8 Å². The van der Waals surface area contributed by atoms with Crippen molar-refractivity contribution in [2.75, 3.05) is 19.7 Å². The number of amides is 1. The third-order valence-corrected chi connectivity index (χ3v) is 4.79. The standard InChI is InChI=1S/C24H27NO3/c1-4-25(5-2)24(26)19-14-15-22(27-6-3)20(16-19)17-28-23-13-9-11-18-10-7-8-12-21(18)23/h7-16H,4-6,17H2,1-3H3. The summed E-state index contributed by atoms with van der Waals surface area (Å²) in [4.78, 5) is 14.5. The van der Waals surface area contributed by atoms with E-state index in [2.05, 4.69) is 18.2 Å². The van der Waals surface area contributed by atoms with Gasteiger partial charge in [0.1, 0.15) is 18.1 Å². The van der Waals surface area contributed by atoms with Gasteiger partial charge in [-0.2, -0.15) is 0 Å². The molecule has 0 aliphatic heterocycles. The second-order valence-electron chi connectivity index (χ2n) is 6.50. The summed E-state index contributed by atoms with van der Waals surface area (Å²) in [5.41, 5.74) is 1.52. The molecule has 0 fully saturated rings. The lowest BCUT2D eigenvalue weighted by atomic mass is 10.1. The molecule has 0 saturated heterocycles. The first-order chi connectivity index (χ1) is 13.7. The van der Waals surface area contributed by atoms with E-state index >= 15 is 0 Å². The second kappa shape index (κ2) is 9.27. The van der Waals surface area contributed by atoms with Crippen LogP contribution in [0.1, 0.15) is 36.7 Å². The number of fused-ring (bicyclic) bond motifs is 1. The number of nitrogens with zero attached hydrogens (tertiary/aromatic N) is 1. The Bertz CT molecular complexity index is 942. The zero-order valence-electron chi connectivity index (χ0n) is 16.8. The minimum absolute atomic E-state index is 0.0273. The number of carbonyl (C=O) groups excluding carboxylic acids is 1. The summed E-state index contributed by atoms with van der Waals surface area (Å²) in [7, 11) is 0. The summed E-state index contributed by atoms with van der Waals surface area (Å²) in [5, 5.41) is 2.20. The molecule has 0 aliphatic rings. The Balaban J connectivity index is 1.88. The van der Waals surface area contributed by atoms with Crippen molar-refractivity contribution < 1.29 is 14.3 Å². The highest BCUT2D eigenvalue weighted by molar-refractivity contribution is 5.94. The highest BCUT2D eigenvalue weighted by Gasteiger charge is 2.15. The van der Waals surface area contributed by atoms with E-state index in [9.17, 15) is 4.79 Å². The number of rotatable bonds is 8. The number of carbonyl (C=O) groups is 1. The molecule has 0 saturated carbocycles. The molecule has 0 radical (unpaired) electrons. The van der Waals surface area contributed by atoms with Gasteiger partial charge in [0.15, 0.2) is 0 Å². The number of hydrogen-bond donors (Lipinski definition) is 0. The third-order valence-electron chi connectivity index (χ3n) is 4.79. The van der Waals surface area contributed by atoms with E-state index in [4.69, 9.17) is 9.47 Å². The van der Waals surface area contributed by atoms with Gasteiger partial charge in [-0.1, -0.05) is 36.4 Å². The molecule has 0 aliphatic carbocycles. The smallest absolute Gasteiger partial charge is 0.253 e. The van der Waals surface area contributed by atoms with Crippen molar-refractivity contribution in [3.8, 4) is 11.5 Å². The van der Waals surface area contributed by atoms with Crippen LogP contribution >= 0.6 is 0 Å². The van der Waals surface area contributed by atoms with Gasteiger partial charge in [0.25, 0.3) is 5.91 Å². The van der Waals surface area contributed by atoms with Gasteiger partial charge in [0.2, 0.25) is 0 Å². The van der Waals surface area contributed by atoms with Crippen LogP contribution in [0.15, 0.2) is 60.7 Å². The summed E-state index contributed by atoms with van der Waals surface area (Å²) in [6.45, 7) is 8.19. The Morgan fingerprint density at radius 2 is 1.61 bits per heavy atom. The molecule has 1 amide bonds. The van der Waals surface area contributed by atoms with Crippen molar-refractivity contribution >= 4 is 16.7 Å². The SMILES string of the molecule is CCOc1ccc(C(=O)N(CC)CC)cc1COc1cccc2ccccc12. The Labute approximate surface area is 166 Å². The average molecular weight is 377 g/mol. The predicted octanol–water partition coefficient (Wildman–Crippen LogP) is 5.30. The van der Waals surface area contributed by atoms with Crippen molar-refractivity contribution in [1.82, 2.24) is 4.90 Å². The van der Waals surface area contributed by atoms with Crippen LogP contribution in [0.25, 0.3) is 10.8 Å². The molecular formula is C24H27NO3. The summed E-state index contributed by atoms with van der Waals surface area (Å²) in [6.07, 6.45) is 0. The minimum Gasteiger partial charge on any atom is -0.493 e. The van der Waals surface area contributed by atoms with Crippen molar-refractivity contribution in [2.45, 2.75) is 27.4 Å². The van der Waals surface area contributed by atoms with Crippen molar-refractivity contribution in [1.29, 1.82) is 0 Å². The van der Waals surface area contributed by atoms with E-state index < -0.39 is 0 Å². The molecule has 3 rings (SSSR count). The first kappa shape index (κ1) is 19.7. The Morgan fingerprint density at radius 3 is 2.36 bits per heavy atom. The molecule has 0 N–H and O–H groups in total. The molecule has 4 heteroatoms. The zero-order chi connectivity index (χ0) is 19.9. The molecule has 146 valence electrons. The van der Waals surface area contributed by atoms with Gasteiger partial charge in [-0.05, 0) is 50.4 Å². The van der Waals surface area contributed by atoms with E-state index in [1.165, 1.54) is 0 Å². The van der Waals surface area contributed by atoms with Crippen molar-refractivity contribution in [2.24, 2.45) is 0 Å². The summed E-state index contributed by atoms with van der Waals surface area (Å²) in [5.74, 6) is 1.60. The number of ether oxygens (including phenoxy) is 2. The fourth-order valence-electron chi connectivity index (χ4n) is 3.29. The molecule has 0 spiro atoms. The molecule has 0 bridgehead atoms. The number of hydrogen-bond acceptors (Lipinski definition) is 3. The Kier molecular flexibility index (Phi) is 6.53. The highest BCUT2D eigenvalue weighted by Crippen LogP contribution is 2.28. The first-order valence-electron chi connectivity index (χ1n) is 9.83. The third kappa shape index (κ3) is 4.28. The highest BCUT2D eigenvalue weighted by atomic mass is 16.5. The van der Waals surface area contributed by atoms with Gasteiger partial charge in [0.05, 0.1) is 6.61 Å². The van der Waals surface area contributed by atoms with Crippen LogP contribution in [0.3, 0.4) is 0 Å². The maximum atomic E-state index is 12.7. The predicted molar refractivity (Wildman–Crippen MR) is 113 cm³/mol. The average Bonchev–Trinajstić information content (AvgIpc) is 2.74. The molecule has 3 aromatic carbocycles. The molecule has 3 aromatic rings. The molecule has 0 heterocycles. The number of benzene rings is 3. The lowest BCUT2D eigenvalue weighted by molar-refractivity contribution is 0.0772. The maximum absolute atomic E-state index is 12.7. The Morgan fingerprint density at radius 1 is 0.857 bits per heavy atom. The van der Waals surface area contributed by atoms with Crippen LogP contribution in [0.2, 0.25) is 0 Å². The van der Waals surface area contributed by atoms with Crippen molar-refractivity contribution in [3.05, 3.63) is 71.8 Å². The van der Waals surface area contributed by atoms with Crippen LogP contribution in [-0.2, 0) is 6.61 Å². The lowest BCUT2D eigenvalue weighted by Crippen LogP contribution is -2.30. The molecular weight excluding hydrogens is 350 g/mol. The molecule has 0 unspecified atom stereocenters. The van der Waals surface area contributed by atoms with Crippen molar-refractivity contribution in [3.63, 3.8) is 0 Å². The molecule has 0 atom stereocenters. The van der Waals surface area contributed by atoms with Gasteiger partial charge >= 0.3 is 0 Å². The van der Waals surface area contributed by atoms with Crippen LogP contribution in [0.4, 0.5) is 0 Å². The fourth-order valence-corrected chi connectivity index (χ4v) is 3.29. The van der Waals surface area contributed by atoms with Gasteiger partial charge in [-0.3, -0.25) is 4.79 Å². The molecule has 0 aromatic heterocycles.